The molecule has 0 aliphatic heterocycles. The molecular formula is C10H13N3. The Bertz CT molecular complexity index is 379. The number of pyridine rings is 1. The van der Waals surface area contributed by atoms with Gasteiger partial charge < -0.3 is 10.1 Å². The number of hydrogen-bond donors (Lipinski definition) is 1. The van der Waals surface area contributed by atoms with Crippen LogP contribution in [0.1, 0.15) is 18.2 Å². The molecule has 0 radical (unpaired) electrons. The summed E-state index contributed by atoms with van der Waals surface area (Å²) < 4.78 is 2.05. The lowest BCUT2D eigenvalue weighted by Crippen LogP contribution is -2.04. The van der Waals surface area contributed by atoms with Gasteiger partial charge in [-0.25, -0.2) is 4.98 Å². The van der Waals surface area contributed by atoms with E-state index in [4.69, 9.17) is 5.73 Å². The molecule has 0 atom stereocenters. The Hall–Kier alpha value is -1.35. The highest BCUT2D eigenvalue weighted by atomic mass is 15.0. The first-order valence-electron chi connectivity index (χ1n) is 4.50. The molecule has 0 bridgehead atoms. The van der Waals surface area contributed by atoms with E-state index in [0.29, 0.717) is 6.54 Å². The van der Waals surface area contributed by atoms with Crippen molar-refractivity contribution < 1.29 is 0 Å². The van der Waals surface area contributed by atoms with Gasteiger partial charge in [-0.2, -0.15) is 0 Å². The van der Waals surface area contributed by atoms with E-state index in [-0.39, 0.29) is 0 Å². The third-order valence-electron chi connectivity index (χ3n) is 2.30. The summed E-state index contributed by atoms with van der Waals surface area (Å²) in [6, 6.07) is 4.16. The van der Waals surface area contributed by atoms with Crippen molar-refractivity contribution in [3.8, 4) is 0 Å². The van der Waals surface area contributed by atoms with Gasteiger partial charge >= 0.3 is 0 Å². The highest BCUT2D eigenvalue weighted by molar-refractivity contribution is 5.49. The van der Waals surface area contributed by atoms with Gasteiger partial charge in [0, 0.05) is 24.6 Å². The highest BCUT2D eigenvalue weighted by Gasteiger charge is 2.03. The molecule has 2 heterocycles. The minimum Gasteiger partial charge on any atom is -0.325 e. The summed E-state index contributed by atoms with van der Waals surface area (Å²) in [5, 5.41) is 0. The molecule has 0 fully saturated rings. The standard InChI is InChI=1S/C10H13N3/c1-2-8-3-4-9(7-11)13-6-5-12-10(8)13/h3-6H,2,7,11H2,1H3. The fourth-order valence-electron chi connectivity index (χ4n) is 1.57. The smallest absolute Gasteiger partial charge is 0.140 e. The van der Waals surface area contributed by atoms with Crippen molar-refractivity contribution in [1.29, 1.82) is 0 Å². The van der Waals surface area contributed by atoms with Crippen molar-refractivity contribution >= 4 is 5.65 Å². The van der Waals surface area contributed by atoms with Gasteiger partial charge in [0.25, 0.3) is 0 Å². The van der Waals surface area contributed by atoms with Crippen molar-refractivity contribution in [3.05, 3.63) is 35.8 Å². The summed E-state index contributed by atoms with van der Waals surface area (Å²) >= 11 is 0. The Balaban J connectivity index is 2.74. The maximum absolute atomic E-state index is 5.62. The molecule has 2 aromatic rings. The summed E-state index contributed by atoms with van der Waals surface area (Å²) in [5.41, 5.74) is 9.02. The second kappa shape index (κ2) is 3.18. The van der Waals surface area contributed by atoms with Gasteiger partial charge in [-0.3, -0.25) is 0 Å². The van der Waals surface area contributed by atoms with Crippen molar-refractivity contribution in [2.75, 3.05) is 0 Å². The van der Waals surface area contributed by atoms with Gasteiger partial charge in [-0.15, -0.1) is 0 Å². The van der Waals surface area contributed by atoms with Gasteiger partial charge in [-0.05, 0) is 18.1 Å². The first kappa shape index (κ1) is 8.26. The minimum absolute atomic E-state index is 0.552. The zero-order chi connectivity index (χ0) is 9.26. The van der Waals surface area contributed by atoms with Crippen LogP contribution in [-0.4, -0.2) is 9.38 Å². The molecule has 2 N–H and O–H groups in total. The molecule has 68 valence electrons. The van der Waals surface area contributed by atoms with E-state index in [1.807, 2.05) is 12.4 Å². The molecule has 2 rings (SSSR count). The summed E-state index contributed by atoms with van der Waals surface area (Å²) in [6.07, 6.45) is 4.77. The van der Waals surface area contributed by atoms with E-state index in [1.165, 1.54) is 5.56 Å². The van der Waals surface area contributed by atoms with Crippen molar-refractivity contribution in [2.45, 2.75) is 19.9 Å². The van der Waals surface area contributed by atoms with Gasteiger partial charge in [-0.1, -0.05) is 13.0 Å². The zero-order valence-corrected chi connectivity index (χ0v) is 7.70. The summed E-state index contributed by atoms with van der Waals surface area (Å²) in [7, 11) is 0. The molecule has 0 aliphatic rings. The largest absolute Gasteiger partial charge is 0.325 e. The number of aromatic nitrogens is 2. The van der Waals surface area contributed by atoms with Crippen LogP contribution >= 0.6 is 0 Å². The number of nitrogens with two attached hydrogens (primary N) is 1. The third kappa shape index (κ3) is 1.21. The Morgan fingerprint density at radius 1 is 1.46 bits per heavy atom. The van der Waals surface area contributed by atoms with Crippen molar-refractivity contribution in [3.63, 3.8) is 0 Å². The van der Waals surface area contributed by atoms with E-state index in [1.54, 1.807) is 0 Å². The molecule has 0 unspecified atom stereocenters. The number of nitrogens with zero attached hydrogens (tertiary/aromatic N) is 2. The number of hydrogen-bond acceptors (Lipinski definition) is 2. The molecule has 0 spiro atoms. The molecule has 0 aliphatic carbocycles. The number of imidazole rings is 1. The van der Waals surface area contributed by atoms with Crippen LogP contribution in [0.4, 0.5) is 0 Å². The van der Waals surface area contributed by atoms with E-state index in [9.17, 15) is 0 Å². The van der Waals surface area contributed by atoms with Crippen LogP contribution in [0.5, 0.6) is 0 Å². The summed E-state index contributed by atoms with van der Waals surface area (Å²) in [5.74, 6) is 0. The monoisotopic (exact) mass is 175 g/mol. The number of aryl methyl sites for hydroxylation is 1. The molecule has 0 aromatic carbocycles. The molecule has 0 amide bonds. The second-order valence-corrected chi connectivity index (χ2v) is 3.03. The number of fused-ring (bicyclic) bond motifs is 1. The van der Waals surface area contributed by atoms with Crippen LogP contribution in [0.25, 0.3) is 5.65 Å². The normalized spacial score (nSPS) is 10.9. The van der Waals surface area contributed by atoms with E-state index < -0.39 is 0 Å². The highest BCUT2D eigenvalue weighted by Crippen LogP contribution is 2.12. The Morgan fingerprint density at radius 2 is 2.31 bits per heavy atom. The maximum atomic E-state index is 5.62. The molecule has 0 saturated carbocycles. The quantitative estimate of drug-likeness (QED) is 0.748. The lowest BCUT2D eigenvalue weighted by atomic mass is 10.2. The molecular weight excluding hydrogens is 162 g/mol. The minimum atomic E-state index is 0.552. The third-order valence-corrected chi connectivity index (χ3v) is 2.30. The number of rotatable bonds is 2. The van der Waals surface area contributed by atoms with E-state index >= 15 is 0 Å². The van der Waals surface area contributed by atoms with Gasteiger partial charge in [0.05, 0.1) is 0 Å². The average Bonchev–Trinajstić information content (AvgIpc) is 2.64. The van der Waals surface area contributed by atoms with Crippen LogP contribution in [0.15, 0.2) is 24.5 Å². The van der Waals surface area contributed by atoms with Gasteiger partial charge in [0.15, 0.2) is 0 Å². The molecule has 2 aromatic heterocycles. The van der Waals surface area contributed by atoms with Crippen LogP contribution in [0.2, 0.25) is 0 Å². The molecule has 0 saturated heterocycles. The summed E-state index contributed by atoms with van der Waals surface area (Å²) in [6.45, 7) is 2.68. The zero-order valence-electron chi connectivity index (χ0n) is 7.70. The Labute approximate surface area is 77.2 Å². The van der Waals surface area contributed by atoms with Crippen molar-refractivity contribution in [2.24, 2.45) is 5.73 Å². The van der Waals surface area contributed by atoms with Crippen LogP contribution < -0.4 is 5.73 Å². The predicted molar refractivity (Wildman–Crippen MR) is 52.5 cm³/mol. The first-order chi connectivity index (χ1) is 6.36. The molecule has 3 nitrogen and oxygen atoms in total. The van der Waals surface area contributed by atoms with E-state index in [0.717, 1.165) is 17.8 Å². The van der Waals surface area contributed by atoms with E-state index in [2.05, 4.69) is 28.4 Å². The fourth-order valence-corrected chi connectivity index (χ4v) is 1.57. The van der Waals surface area contributed by atoms with Crippen LogP contribution in [0, 0.1) is 0 Å². The molecule has 13 heavy (non-hydrogen) atoms. The SMILES string of the molecule is CCc1ccc(CN)n2ccnc12. The van der Waals surface area contributed by atoms with Crippen molar-refractivity contribution in [1.82, 2.24) is 9.38 Å². The van der Waals surface area contributed by atoms with Gasteiger partial charge in [0.2, 0.25) is 0 Å². The Kier molecular flexibility index (Phi) is 2.02. The van der Waals surface area contributed by atoms with Gasteiger partial charge in [0.1, 0.15) is 5.65 Å². The van der Waals surface area contributed by atoms with Crippen LogP contribution in [0.3, 0.4) is 0 Å². The lowest BCUT2D eigenvalue weighted by molar-refractivity contribution is 0.933. The predicted octanol–water partition coefficient (Wildman–Crippen LogP) is 1.36. The topological polar surface area (TPSA) is 43.3 Å². The lowest BCUT2D eigenvalue weighted by Gasteiger charge is -2.05. The van der Waals surface area contributed by atoms with Crippen LogP contribution in [-0.2, 0) is 13.0 Å². The second-order valence-electron chi connectivity index (χ2n) is 3.03. The maximum Gasteiger partial charge on any atom is 0.140 e. The molecule has 3 heteroatoms. The average molecular weight is 175 g/mol. The first-order valence-corrected chi connectivity index (χ1v) is 4.50. The summed E-state index contributed by atoms with van der Waals surface area (Å²) in [4.78, 5) is 4.31. The fraction of sp³-hybridized carbons (Fsp3) is 0.300. The Morgan fingerprint density at radius 3 is 3.00 bits per heavy atom.